The summed E-state index contributed by atoms with van der Waals surface area (Å²) < 4.78 is 50.1. The summed E-state index contributed by atoms with van der Waals surface area (Å²) in [5.74, 6) is 0. The van der Waals surface area contributed by atoms with Crippen LogP contribution < -0.4 is 0 Å². The van der Waals surface area contributed by atoms with Gasteiger partial charge in [0.05, 0.1) is 0 Å². The van der Waals surface area contributed by atoms with Gasteiger partial charge >= 0.3 is 94.9 Å². The third-order valence-electron chi connectivity index (χ3n) is 2.03. The van der Waals surface area contributed by atoms with Crippen molar-refractivity contribution >= 4 is 24.8 Å². The van der Waals surface area contributed by atoms with Gasteiger partial charge in [0.25, 0.3) is 0 Å². The van der Waals surface area contributed by atoms with E-state index < -0.39 is 18.8 Å². The molecule has 0 spiro atoms. The van der Waals surface area contributed by atoms with E-state index in [9.17, 15) is 17.6 Å². The Balaban J connectivity index is 0. The molecule has 0 saturated heterocycles. The Kier molecular flexibility index (Phi) is 10.4. The molecule has 1 rings (SSSR count). The van der Waals surface area contributed by atoms with Crippen molar-refractivity contribution in [1.82, 2.24) is 0 Å². The molecule has 2 atom stereocenters. The van der Waals surface area contributed by atoms with E-state index in [1.165, 1.54) is 0 Å². The van der Waals surface area contributed by atoms with Gasteiger partial charge in [-0.1, -0.05) is 0 Å². The predicted octanol–water partition coefficient (Wildman–Crippen LogP) is 3.92. The molecule has 1 aliphatic carbocycles. The van der Waals surface area contributed by atoms with Crippen LogP contribution in [0.15, 0.2) is 21.0 Å². The van der Waals surface area contributed by atoms with Gasteiger partial charge in [0.2, 0.25) is 0 Å². The average Bonchev–Trinajstić information content (AvgIpc) is 2.50. The quantitative estimate of drug-likeness (QED) is 0.669. The molecule has 0 radical (unpaired) electrons. The Labute approximate surface area is 119 Å². The fourth-order valence-corrected chi connectivity index (χ4v) is 1.97. The Morgan fingerprint density at radius 1 is 1.19 bits per heavy atom. The summed E-state index contributed by atoms with van der Waals surface area (Å²) in [7, 11) is 0. The molecule has 0 aromatic carbocycles. The standard InChI is InChI=1S/C9H9F4.2ClH.Zr/c10-7(8(11)9(12)13)5-6-3-1-2-4-6;;;/h1,3,7-9H,2,5H2;2*1H;. The Bertz CT molecular complexity index is 268. The minimum atomic E-state index is -3.23. The van der Waals surface area contributed by atoms with E-state index in [0.29, 0.717) is 5.57 Å². The van der Waals surface area contributed by atoms with Crippen molar-refractivity contribution in [2.24, 2.45) is 0 Å². The third kappa shape index (κ3) is 5.33. The number of hydrogen-bond donors (Lipinski definition) is 0. The zero-order valence-electron chi connectivity index (χ0n) is 8.13. The zero-order chi connectivity index (χ0) is 10.7. The molecule has 0 aromatic heterocycles. The first-order chi connectivity index (χ1) is 6.52. The van der Waals surface area contributed by atoms with E-state index in [1.807, 2.05) is 6.08 Å². The summed E-state index contributed by atoms with van der Waals surface area (Å²) >= 11 is 1.13. The van der Waals surface area contributed by atoms with Crippen LogP contribution in [0.25, 0.3) is 0 Å². The van der Waals surface area contributed by atoms with E-state index in [0.717, 1.165) is 34.4 Å². The van der Waals surface area contributed by atoms with Crippen molar-refractivity contribution in [3.63, 3.8) is 0 Å². The third-order valence-corrected chi connectivity index (χ3v) is 3.32. The van der Waals surface area contributed by atoms with Gasteiger partial charge in [-0.2, -0.15) is 0 Å². The van der Waals surface area contributed by atoms with Gasteiger partial charge in [0.15, 0.2) is 0 Å². The summed E-state index contributed by atoms with van der Waals surface area (Å²) in [6.07, 6.45) is -3.96. The predicted molar refractivity (Wildman–Crippen MR) is 55.7 cm³/mol. The summed E-state index contributed by atoms with van der Waals surface area (Å²) in [5.41, 5.74) is 0.680. The van der Waals surface area contributed by atoms with Gasteiger partial charge in [-0.25, -0.2) is 0 Å². The molecule has 0 bridgehead atoms. The maximum atomic E-state index is 13.0. The zero-order valence-corrected chi connectivity index (χ0v) is 12.2. The van der Waals surface area contributed by atoms with Crippen molar-refractivity contribution in [2.75, 3.05) is 0 Å². The molecule has 0 aliphatic heterocycles. The van der Waals surface area contributed by atoms with Crippen LogP contribution in [-0.4, -0.2) is 18.8 Å². The molecule has 1 aliphatic rings. The van der Waals surface area contributed by atoms with Gasteiger partial charge in [-0.15, -0.1) is 24.8 Å². The number of rotatable bonds is 4. The van der Waals surface area contributed by atoms with Crippen molar-refractivity contribution < 1.29 is 42.3 Å². The fraction of sp³-hybridized carbons (Fsp3) is 0.556. The minimum absolute atomic E-state index is 0. The maximum absolute atomic E-state index is 13.0. The molecule has 16 heavy (non-hydrogen) atoms. The van der Waals surface area contributed by atoms with Gasteiger partial charge in [-0.05, 0) is 0 Å². The number of halogens is 6. The SMILES string of the molecule is Cl.Cl.FC(F)C(F)C(F)CC1=[C]([Zr])CC=C1. The number of alkyl halides is 4. The summed E-state index contributed by atoms with van der Waals surface area (Å²) in [6, 6.07) is 0. The summed E-state index contributed by atoms with van der Waals surface area (Å²) in [6.45, 7) is 0. The van der Waals surface area contributed by atoms with Gasteiger partial charge in [0, 0.05) is 0 Å². The Morgan fingerprint density at radius 3 is 2.12 bits per heavy atom. The van der Waals surface area contributed by atoms with Gasteiger partial charge < -0.3 is 0 Å². The molecule has 0 aromatic rings. The van der Waals surface area contributed by atoms with E-state index in [4.69, 9.17) is 0 Å². The molecule has 0 heterocycles. The Hall–Kier alpha value is 0.663. The fourth-order valence-electron chi connectivity index (χ4n) is 1.22. The second kappa shape index (κ2) is 8.71. The molecule has 7 heteroatoms. The van der Waals surface area contributed by atoms with Crippen molar-refractivity contribution in [3.05, 3.63) is 21.0 Å². The first-order valence-electron chi connectivity index (χ1n) is 4.19. The molecule has 93 valence electrons. The summed E-state index contributed by atoms with van der Waals surface area (Å²) in [4.78, 5) is 0. The first-order valence-corrected chi connectivity index (χ1v) is 5.41. The van der Waals surface area contributed by atoms with Crippen molar-refractivity contribution in [1.29, 1.82) is 0 Å². The monoisotopic (exact) mass is 355 g/mol. The molecule has 0 amide bonds. The van der Waals surface area contributed by atoms with Crippen LogP contribution in [0.2, 0.25) is 0 Å². The molecular formula is C9H11Cl2F4Zr. The van der Waals surface area contributed by atoms with Crippen LogP contribution in [0.3, 0.4) is 0 Å². The van der Waals surface area contributed by atoms with Gasteiger partial charge in [0.1, 0.15) is 0 Å². The first kappa shape index (κ1) is 19.0. The average molecular weight is 357 g/mol. The van der Waals surface area contributed by atoms with E-state index in [2.05, 4.69) is 0 Å². The normalized spacial score (nSPS) is 18.0. The van der Waals surface area contributed by atoms with Crippen LogP contribution >= 0.6 is 24.8 Å². The molecule has 0 saturated carbocycles. The molecule has 0 N–H and O–H groups in total. The number of allylic oxidation sites excluding steroid dienone is 4. The second-order valence-corrected chi connectivity index (χ2v) is 4.59. The van der Waals surface area contributed by atoms with Crippen LogP contribution in [0, 0.1) is 0 Å². The Morgan fingerprint density at radius 2 is 1.75 bits per heavy atom. The van der Waals surface area contributed by atoms with Crippen LogP contribution in [0.4, 0.5) is 17.6 Å². The van der Waals surface area contributed by atoms with E-state index in [1.54, 1.807) is 6.08 Å². The van der Waals surface area contributed by atoms with Crippen LogP contribution in [-0.2, 0) is 24.7 Å². The molecule has 0 fully saturated rings. The van der Waals surface area contributed by atoms with Crippen LogP contribution in [0.1, 0.15) is 12.8 Å². The molecular weight excluding hydrogens is 346 g/mol. The van der Waals surface area contributed by atoms with Gasteiger partial charge in [-0.3, -0.25) is 0 Å². The topological polar surface area (TPSA) is 0 Å². The number of hydrogen-bond acceptors (Lipinski definition) is 0. The molecule has 0 nitrogen and oxygen atoms in total. The van der Waals surface area contributed by atoms with Crippen molar-refractivity contribution in [3.8, 4) is 0 Å². The van der Waals surface area contributed by atoms with E-state index >= 15 is 0 Å². The van der Waals surface area contributed by atoms with E-state index in [-0.39, 0.29) is 31.2 Å². The summed E-state index contributed by atoms with van der Waals surface area (Å²) in [5, 5.41) is 0. The second-order valence-electron chi connectivity index (χ2n) is 3.11. The van der Waals surface area contributed by atoms with Crippen LogP contribution in [0.5, 0.6) is 0 Å². The molecule has 2 unspecified atom stereocenters. The van der Waals surface area contributed by atoms with Crippen molar-refractivity contribution in [2.45, 2.75) is 31.6 Å².